The molecule has 0 aliphatic carbocycles. The number of ether oxygens (including phenoxy) is 2. The normalized spacial score (nSPS) is 10.5. The molecule has 2 aromatic rings. The van der Waals surface area contributed by atoms with Crippen LogP contribution < -0.4 is 25.4 Å². The summed E-state index contributed by atoms with van der Waals surface area (Å²) in [7, 11) is 4.93. The van der Waals surface area contributed by atoms with E-state index in [0.717, 1.165) is 23.4 Å². The molecule has 0 aliphatic heterocycles. The predicted octanol–water partition coefficient (Wildman–Crippen LogP) is 3.51. The Morgan fingerprint density at radius 3 is 2.18 bits per heavy atom. The lowest BCUT2D eigenvalue weighted by Crippen LogP contribution is -2.32. The van der Waals surface area contributed by atoms with Crippen LogP contribution >= 0.6 is 24.0 Å². The van der Waals surface area contributed by atoms with Gasteiger partial charge in [-0.05, 0) is 36.2 Å². The van der Waals surface area contributed by atoms with Crippen LogP contribution in [0.2, 0.25) is 0 Å². The molecule has 0 aliphatic rings. The van der Waals surface area contributed by atoms with Gasteiger partial charge in [-0.3, -0.25) is 9.79 Å². The van der Waals surface area contributed by atoms with Gasteiger partial charge in [-0.15, -0.1) is 24.0 Å². The minimum Gasteiger partial charge on any atom is -0.493 e. The molecule has 0 saturated carbocycles. The molecule has 152 valence electrons. The SMILES string of the molecule is CN=C(NCCc1ccc(NC(C)=O)cc1)Nc1ccc(OC)c(OC)c1.I. The molecule has 3 N–H and O–H groups in total. The molecule has 0 unspecified atom stereocenters. The number of benzene rings is 2. The van der Waals surface area contributed by atoms with Gasteiger partial charge >= 0.3 is 0 Å². The second-order valence-electron chi connectivity index (χ2n) is 5.82. The number of guanidine groups is 1. The number of hydrogen-bond acceptors (Lipinski definition) is 4. The van der Waals surface area contributed by atoms with E-state index in [4.69, 9.17) is 9.47 Å². The summed E-state index contributed by atoms with van der Waals surface area (Å²) in [5, 5.41) is 9.26. The van der Waals surface area contributed by atoms with Crippen LogP contribution in [0.1, 0.15) is 12.5 Å². The molecule has 8 heteroatoms. The molecule has 0 aromatic heterocycles. The van der Waals surface area contributed by atoms with Gasteiger partial charge in [-0.1, -0.05) is 12.1 Å². The third-order valence-corrected chi connectivity index (χ3v) is 3.85. The molecule has 2 rings (SSSR count). The highest BCUT2D eigenvalue weighted by atomic mass is 127. The quantitative estimate of drug-likeness (QED) is 0.309. The summed E-state index contributed by atoms with van der Waals surface area (Å²) in [5.74, 6) is 1.91. The third-order valence-electron chi connectivity index (χ3n) is 3.85. The molecule has 2 aromatic carbocycles. The van der Waals surface area contributed by atoms with Crippen LogP contribution in [0, 0.1) is 0 Å². The van der Waals surface area contributed by atoms with Gasteiger partial charge in [-0.2, -0.15) is 0 Å². The molecule has 0 bridgehead atoms. The van der Waals surface area contributed by atoms with Crippen LogP contribution in [0.3, 0.4) is 0 Å². The fourth-order valence-electron chi connectivity index (χ4n) is 2.51. The summed E-state index contributed by atoms with van der Waals surface area (Å²) < 4.78 is 10.6. The zero-order valence-corrected chi connectivity index (χ0v) is 18.9. The lowest BCUT2D eigenvalue weighted by Gasteiger charge is -2.14. The van der Waals surface area contributed by atoms with E-state index in [2.05, 4.69) is 20.9 Å². The van der Waals surface area contributed by atoms with Crippen molar-refractivity contribution in [1.82, 2.24) is 5.32 Å². The van der Waals surface area contributed by atoms with E-state index >= 15 is 0 Å². The Labute approximate surface area is 182 Å². The molecular weight excluding hydrogens is 471 g/mol. The monoisotopic (exact) mass is 498 g/mol. The van der Waals surface area contributed by atoms with Crippen molar-refractivity contribution in [2.75, 3.05) is 38.4 Å². The van der Waals surface area contributed by atoms with Crippen molar-refractivity contribution in [2.24, 2.45) is 4.99 Å². The molecule has 7 nitrogen and oxygen atoms in total. The first kappa shape index (κ1) is 23.5. The molecule has 0 fully saturated rings. The maximum absolute atomic E-state index is 11.0. The number of hydrogen-bond donors (Lipinski definition) is 3. The van der Waals surface area contributed by atoms with Gasteiger partial charge < -0.3 is 25.4 Å². The number of rotatable bonds is 7. The Balaban J connectivity index is 0.00000392. The maximum atomic E-state index is 11.0. The van der Waals surface area contributed by atoms with Crippen molar-refractivity contribution in [1.29, 1.82) is 0 Å². The van der Waals surface area contributed by atoms with Crippen molar-refractivity contribution in [3.63, 3.8) is 0 Å². The number of nitrogens with one attached hydrogen (secondary N) is 3. The van der Waals surface area contributed by atoms with Crippen molar-refractivity contribution in [2.45, 2.75) is 13.3 Å². The Bertz CT molecular complexity index is 795. The highest BCUT2D eigenvalue weighted by Crippen LogP contribution is 2.29. The van der Waals surface area contributed by atoms with Gasteiger partial charge in [0.05, 0.1) is 14.2 Å². The standard InChI is InChI=1S/C20H26N4O3.HI/c1-14(25)23-16-7-5-15(6-8-16)11-12-22-20(21-2)24-17-9-10-18(26-3)19(13-17)27-4;/h5-10,13H,11-12H2,1-4H3,(H,23,25)(H2,21,22,24);1H. The van der Waals surface area contributed by atoms with Crippen molar-refractivity contribution in [3.05, 3.63) is 48.0 Å². The molecule has 1 amide bonds. The lowest BCUT2D eigenvalue weighted by atomic mass is 10.1. The summed E-state index contributed by atoms with van der Waals surface area (Å²) in [6, 6.07) is 13.4. The van der Waals surface area contributed by atoms with E-state index in [-0.39, 0.29) is 29.9 Å². The second kappa shape index (κ2) is 12.1. The van der Waals surface area contributed by atoms with E-state index in [1.54, 1.807) is 21.3 Å². The van der Waals surface area contributed by atoms with Crippen LogP contribution in [-0.2, 0) is 11.2 Å². The molecular formula is C20H27IN4O3. The summed E-state index contributed by atoms with van der Waals surface area (Å²) in [6.07, 6.45) is 0.826. The summed E-state index contributed by atoms with van der Waals surface area (Å²) in [6.45, 7) is 2.21. The van der Waals surface area contributed by atoms with Gasteiger partial charge in [0.15, 0.2) is 17.5 Å². The number of halogens is 1. The average molecular weight is 498 g/mol. The predicted molar refractivity (Wildman–Crippen MR) is 124 cm³/mol. The van der Waals surface area contributed by atoms with Crippen LogP contribution in [0.5, 0.6) is 11.5 Å². The second-order valence-corrected chi connectivity index (χ2v) is 5.82. The first-order valence-electron chi connectivity index (χ1n) is 8.62. The van der Waals surface area contributed by atoms with Gasteiger partial charge in [0.2, 0.25) is 5.91 Å². The molecule has 0 saturated heterocycles. The first-order chi connectivity index (χ1) is 13.0. The van der Waals surface area contributed by atoms with E-state index in [9.17, 15) is 4.79 Å². The van der Waals surface area contributed by atoms with Crippen LogP contribution in [0.4, 0.5) is 11.4 Å². The van der Waals surface area contributed by atoms with Gasteiger partial charge in [0.25, 0.3) is 0 Å². The number of carbonyl (C=O) groups is 1. The van der Waals surface area contributed by atoms with E-state index in [1.165, 1.54) is 6.92 Å². The number of carbonyl (C=O) groups excluding carboxylic acids is 1. The number of aliphatic imine (C=N–C) groups is 1. The zero-order chi connectivity index (χ0) is 19.6. The zero-order valence-electron chi connectivity index (χ0n) is 16.5. The smallest absolute Gasteiger partial charge is 0.221 e. The minimum atomic E-state index is -0.0746. The molecule has 0 atom stereocenters. The molecule has 0 spiro atoms. The summed E-state index contributed by atoms with van der Waals surface area (Å²) in [5.41, 5.74) is 2.81. The first-order valence-corrected chi connectivity index (χ1v) is 8.62. The fourth-order valence-corrected chi connectivity index (χ4v) is 2.51. The van der Waals surface area contributed by atoms with E-state index in [0.29, 0.717) is 24.0 Å². The highest BCUT2D eigenvalue weighted by Gasteiger charge is 2.06. The van der Waals surface area contributed by atoms with Gasteiger partial charge in [-0.25, -0.2) is 0 Å². The van der Waals surface area contributed by atoms with E-state index in [1.807, 2.05) is 42.5 Å². The van der Waals surface area contributed by atoms with Crippen molar-refractivity contribution in [3.8, 4) is 11.5 Å². The maximum Gasteiger partial charge on any atom is 0.221 e. The number of nitrogens with zero attached hydrogens (tertiary/aromatic N) is 1. The van der Waals surface area contributed by atoms with Crippen LogP contribution in [0.15, 0.2) is 47.5 Å². The Morgan fingerprint density at radius 2 is 1.61 bits per heavy atom. The largest absolute Gasteiger partial charge is 0.493 e. The molecule has 28 heavy (non-hydrogen) atoms. The van der Waals surface area contributed by atoms with Gasteiger partial charge in [0.1, 0.15) is 0 Å². The Hall–Kier alpha value is -2.49. The number of amides is 1. The molecule has 0 heterocycles. The van der Waals surface area contributed by atoms with Crippen LogP contribution in [0.25, 0.3) is 0 Å². The molecule has 0 radical (unpaired) electrons. The van der Waals surface area contributed by atoms with Gasteiger partial charge in [0, 0.05) is 38.0 Å². The van der Waals surface area contributed by atoms with Crippen LogP contribution in [-0.4, -0.2) is 39.7 Å². The average Bonchev–Trinajstić information content (AvgIpc) is 2.67. The summed E-state index contributed by atoms with van der Waals surface area (Å²) >= 11 is 0. The third kappa shape index (κ3) is 7.26. The topological polar surface area (TPSA) is 84.0 Å². The number of methoxy groups -OCH3 is 2. The minimum absolute atomic E-state index is 0. The van der Waals surface area contributed by atoms with Crippen molar-refractivity contribution < 1.29 is 14.3 Å². The summed E-state index contributed by atoms with van der Waals surface area (Å²) in [4.78, 5) is 15.3. The number of anilines is 2. The lowest BCUT2D eigenvalue weighted by molar-refractivity contribution is -0.114. The Kier molecular flexibility index (Phi) is 10.1. The van der Waals surface area contributed by atoms with Crippen molar-refractivity contribution >= 4 is 47.2 Å². The fraction of sp³-hybridized carbons (Fsp3) is 0.300. The highest BCUT2D eigenvalue weighted by molar-refractivity contribution is 14.0. The van der Waals surface area contributed by atoms with E-state index < -0.39 is 0 Å². The Morgan fingerprint density at radius 1 is 0.964 bits per heavy atom.